The lowest BCUT2D eigenvalue weighted by Gasteiger charge is -2.06. The minimum Gasteiger partial charge on any atom is -0.326 e. The second-order valence-corrected chi connectivity index (χ2v) is 7.62. The van der Waals surface area contributed by atoms with Crippen LogP contribution in [0.3, 0.4) is 0 Å². The Morgan fingerprint density at radius 2 is 1.81 bits per heavy atom. The third-order valence-corrected chi connectivity index (χ3v) is 5.32. The number of rotatable bonds is 5. The topological polar surface area (TPSA) is 88.9 Å². The monoisotopic (exact) mass is 435 g/mol. The molecular formula is C22H18FN5O2S. The second-order valence-electron chi connectivity index (χ2n) is 6.76. The minimum atomic E-state index is -0.422. The summed E-state index contributed by atoms with van der Waals surface area (Å²) < 4.78 is 15.5. The molecule has 0 aliphatic carbocycles. The van der Waals surface area contributed by atoms with Crippen LogP contribution in [0.2, 0.25) is 0 Å². The van der Waals surface area contributed by atoms with Gasteiger partial charge in [-0.3, -0.25) is 14.9 Å². The lowest BCUT2D eigenvalue weighted by atomic mass is 10.1. The van der Waals surface area contributed by atoms with Gasteiger partial charge in [0, 0.05) is 23.6 Å². The van der Waals surface area contributed by atoms with Crippen molar-refractivity contribution < 1.29 is 14.0 Å². The van der Waals surface area contributed by atoms with Gasteiger partial charge < -0.3 is 5.32 Å². The maximum atomic E-state index is 14.1. The number of nitrogens with zero attached hydrogens (tertiary/aromatic N) is 3. The molecule has 0 bridgehead atoms. The number of para-hydroxylation sites is 1. The van der Waals surface area contributed by atoms with Crippen molar-refractivity contribution in [2.45, 2.75) is 13.8 Å². The predicted octanol–water partition coefficient (Wildman–Crippen LogP) is 4.65. The smallest absolute Gasteiger partial charge is 0.260 e. The molecule has 156 valence electrons. The molecule has 0 fully saturated rings. The van der Waals surface area contributed by atoms with Crippen molar-refractivity contribution in [3.8, 4) is 16.9 Å². The Balaban J connectivity index is 1.50. The molecule has 0 aliphatic heterocycles. The first-order valence-electron chi connectivity index (χ1n) is 9.37. The third-order valence-electron chi connectivity index (χ3n) is 4.56. The number of carbonyl (C=O) groups is 2. The number of halogens is 1. The molecule has 2 aromatic heterocycles. The Kier molecular flexibility index (Phi) is 5.59. The van der Waals surface area contributed by atoms with E-state index in [9.17, 15) is 14.0 Å². The Morgan fingerprint density at radius 3 is 2.52 bits per heavy atom. The van der Waals surface area contributed by atoms with E-state index in [1.807, 2.05) is 17.5 Å². The highest BCUT2D eigenvalue weighted by Gasteiger charge is 2.18. The van der Waals surface area contributed by atoms with Crippen LogP contribution in [0.15, 0.2) is 60.1 Å². The van der Waals surface area contributed by atoms with E-state index in [1.165, 1.54) is 35.2 Å². The number of carbonyl (C=O) groups excluding carboxylic acids is 2. The van der Waals surface area contributed by atoms with E-state index < -0.39 is 5.82 Å². The summed E-state index contributed by atoms with van der Waals surface area (Å²) in [5, 5.41) is 11.9. The summed E-state index contributed by atoms with van der Waals surface area (Å²) in [6.07, 6.45) is 1.41. The largest absolute Gasteiger partial charge is 0.326 e. The van der Waals surface area contributed by atoms with Crippen LogP contribution in [0.4, 0.5) is 15.2 Å². The van der Waals surface area contributed by atoms with Gasteiger partial charge in [-0.25, -0.2) is 14.1 Å². The summed E-state index contributed by atoms with van der Waals surface area (Å²) in [4.78, 5) is 28.3. The van der Waals surface area contributed by atoms with Crippen LogP contribution in [0.1, 0.15) is 23.0 Å². The highest BCUT2D eigenvalue weighted by molar-refractivity contribution is 7.14. The molecule has 2 aromatic carbocycles. The highest BCUT2D eigenvalue weighted by atomic mass is 32.1. The van der Waals surface area contributed by atoms with E-state index in [1.54, 1.807) is 37.3 Å². The fraction of sp³-hybridized carbons (Fsp3) is 0.0909. The van der Waals surface area contributed by atoms with Gasteiger partial charge >= 0.3 is 0 Å². The van der Waals surface area contributed by atoms with Crippen LogP contribution in [0, 0.1) is 12.7 Å². The average molecular weight is 435 g/mol. The van der Waals surface area contributed by atoms with Gasteiger partial charge in [0.05, 0.1) is 23.1 Å². The van der Waals surface area contributed by atoms with Gasteiger partial charge in [-0.15, -0.1) is 11.3 Å². The van der Waals surface area contributed by atoms with E-state index in [-0.39, 0.29) is 17.5 Å². The Bertz CT molecular complexity index is 1260. The minimum absolute atomic E-state index is 0.139. The molecule has 0 unspecified atom stereocenters. The lowest BCUT2D eigenvalue weighted by Crippen LogP contribution is -2.13. The summed E-state index contributed by atoms with van der Waals surface area (Å²) in [5.74, 6) is -0.934. The molecule has 0 saturated carbocycles. The number of anilines is 2. The Labute approximate surface area is 181 Å². The van der Waals surface area contributed by atoms with Crippen molar-refractivity contribution >= 4 is 34.0 Å². The standard InChI is InChI=1S/C22H18FN5O2S/c1-13-17(11-24-28(13)20-6-4-3-5-18(20)23)21(30)27-22-26-19(12-31-22)15-7-9-16(10-8-15)25-14(2)29/h3-12H,1-2H3,(H,25,29)(H,26,27,30). The van der Waals surface area contributed by atoms with Crippen molar-refractivity contribution in [3.63, 3.8) is 0 Å². The van der Waals surface area contributed by atoms with Crippen LogP contribution >= 0.6 is 11.3 Å². The molecule has 2 amide bonds. The number of hydrogen-bond acceptors (Lipinski definition) is 5. The maximum absolute atomic E-state index is 14.1. The molecular weight excluding hydrogens is 417 g/mol. The van der Waals surface area contributed by atoms with Gasteiger partial charge in [-0.1, -0.05) is 24.3 Å². The zero-order valence-corrected chi connectivity index (χ0v) is 17.5. The zero-order valence-electron chi connectivity index (χ0n) is 16.7. The number of amides is 2. The molecule has 9 heteroatoms. The summed E-state index contributed by atoms with van der Waals surface area (Å²) in [5.41, 5.74) is 3.39. The quantitative estimate of drug-likeness (QED) is 0.477. The van der Waals surface area contributed by atoms with Crippen molar-refractivity contribution in [2.75, 3.05) is 10.6 Å². The van der Waals surface area contributed by atoms with Gasteiger partial charge in [0.25, 0.3) is 5.91 Å². The summed E-state index contributed by atoms with van der Waals surface area (Å²) >= 11 is 1.29. The average Bonchev–Trinajstić information content (AvgIpc) is 3.35. The Morgan fingerprint density at radius 1 is 1.06 bits per heavy atom. The predicted molar refractivity (Wildman–Crippen MR) is 118 cm³/mol. The van der Waals surface area contributed by atoms with Gasteiger partial charge in [-0.2, -0.15) is 5.10 Å². The van der Waals surface area contributed by atoms with Crippen molar-refractivity contribution in [1.29, 1.82) is 0 Å². The fourth-order valence-electron chi connectivity index (χ4n) is 3.05. The van der Waals surface area contributed by atoms with E-state index >= 15 is 0 Å². The van der Waals surface area contributed by atoms with Gasteiger partial charge in [0.2, 0.25) is 5.91 Å². The molecule has 0 atom stereocenters. The van der Waals surface area contributed by atoms with Crippen LogP contribution in [0.5, 0.6) is 0 Å². The van der Waals surface area contributed by atoms with Gasteiger partial charge in [-0.05, 0) is 31.2 Å². The first-order chi connectivity index (χ1) is 14.9. The molecule has 2 N–H and O–H groups in total. The lowest BCUT2D eigenvalue weighted by molar-refractivity contribution is -0.114. The van der Waals surface area contributed by atoms with Crippen LogP contribution < -0.4 is 10.6 Å². The third kappa shape index (κ3) is 4.36. The normalized spacial score (nSPS) is 10.7. The van der Waals surface area contributed by atoms with Gasteiger partial charge in [0.1, 0.15) is 11.5 Å². The van der Waals surface area contributed by atoms with Crippen molar-refractivity contribution in [1.82, 2.24) is 14.8 Å². The molecule has 4 aromatic rings. The van der Waals surface area contributed by atoms with Crippen LogP contribution in [-0.4, -0.2) is 26.6 Å². The first-order valence-corrected chi connectivity index (χ1v) is 10.2. The number of thiazole rings is 1. The molecule has 0 saturated heterocycles. The molecule has 31 heavy (non-hydrogen) atoms. The zero-order chi connectivity index (χ0) is 22.0. The van der Waals surface area contributed by atoms with Gasteiger partial charge in [0.15, 0.2) is 5.13 Å². The summed E-state index contributed by atoms with van der Waals surface area (Å²) in [6, 6.07) is 13.5. The number of aromatic nitrogens is 3. The molecule has 0 spiro atoms. The maximum Gasteiger partial charge on any atom is 0.260 e. The molecule has 0 aliphatic rings. The Hall–Kier alpha value is -3.85. The van der Waals surface area contributed by atoms with Crippen molar-refractivity contribution in [2.24, 2.45) is 0 Å². The molecule has 4 rings (SSSR count). The first kappa shape index (κ1) is 20.4. The molecule has 7 nitrogen and oxygen atoms in total. The highest BCUT2D eigenvalue weighted by Crippen LogP contribution is 2.27. The van der Waals surface area contributed by atoms with Crippen LogP contribution in [0.25, 0.3) is 16.9 Å². The number of benzene rings is 2. The van der Waals surface area contributed by atoms with E-state index in [4.69, 9.17) is 0 Å². The van der Waals surface area contributed by atoms with E-state index in [2.05, 4.69) is 20.7 Å². The second kappa shape index (κ2) is 8.49. The van der Waals surface area contributed by atoms with Crippen LogP contribution in [-0.2, 0) is 4.79 Å². The summed E-state index contributed by atoms with van der Waals surface area (Å²) in [7, 11) is 0. The molecule has 0 radical (unpaired) electrons. The molecule has 2 heterocycles. The van der Waals surface area contributed by atoms with E-state index in [0.717, 1.165) is 5.56 Å². The number of hydrogen-bond donors (Lipinski definition) is 2. The van der Waals surface area contributed by atoms with E-state index in [0.29, 0.717) is 27.8 Å². The fourth-order valence-corrected chi connectivity index (χ4v) is 3.77. The summed E-state index contributed by atoms with van der Waals surface area (Å²) in [6.45, 7) is 3.16. The number of nitrogens with one attached hydrogen (secondary N) is 2. The SMILES string of the molecule is CC(=O)Nc1ccc(-c2csc(NC(=O)c3cnn(-c4ccccc4F)c3C)n2)cc1. The van der Waals surface area contributed by atoms with Crippen molar-refractivity contribution in [3.05, 3.63) is 77.2 Å².